The van der Waals surface area contributed by atoms with Gasteiger partial charge in [0.1, 0.15) is 17.2 Å². The lowest BCUT2D eigenvalue weighted by molar-refractivity contribution is -0.140. The van der Waals surface area contributed by atoms with Crippen molar-refractivity contribution in [2.45, 2.75) is 29.9 Å². The van der Waals surface area contributed by atoms with Gasteiger partial charge >= 0.3 is 5.97 Å². The van der Waals surface area contributed by atoms with Gasteiger partial charge in [-0.3, -0.25) is 9.36 Å². The normalized spacial score (nSPS) is 22.0. The highest BCUT2D eigenvalue weighted by atomic mass is 32.2. The minimum Gasteiger partial charge on any atom is -0.462 e. The van der Waals surface area contributed by atoms with E-state index in [1.165, 1.54) is 23.9 Å². The average molecular weight is 292 g/mol. The number of cyclic esters (lactones) is 1. The molecule has 3 rings (SSSR count). The molecule has 0 saturated carbocycles. The van der Waals surface area contributed by atoms with Crippen molar-refractivity contribution < 1.29 is 13.9 Å². The molecule has 1 fully saturated rings. The average Bonchev–Trinajstić information content (AvgIpc) is 2.97. The van der Waals surface area contributed by atoms with E-state index in [-0.39, 0.29) is 23.1 Å². The van der Waals surface area contributed by atoms with Gasteiger partial charge in [0.2, 0.25) is 0 Å². The predicted molar refractivity (Wildman–Crippen MR) is 73.3 cm³/mol. The number of esters is 1. The number of thioether (sulfide) groups is 1. The predicted octanol–water partition coefficient (Wildman–Crippen LogP) is 2.81. The third kappa shape index (κ3) is 2.56. The molecule has 6 heteroatoms. The lowest BCUT2D eigenvalue weighted by Crippen LogP contribution is -2.10. The van der Waals surface area contributed by atoms with E-state index in [2.05, 4.69) is 4.98 Å². The minimum atomic E-state index is -0.305. The molecule has 1 aromatic heterocycles. The molecule has 0 bridgehead atoms. The molecule has 1 aliphatic rings. The van der Waals surface area contributed by atoms with Crippen LogP contribution >= 0.6 is 11.8 Å². The number of nitrogens with zero attached hydrogens (tertiary/aromatic N) is 2. The molecule has 2 aromatic rings. The molecule has 0 N–H and O–H groups in total. The van der Waals surface area contributed by atoms with Gasteiger partial charge in [0.25, 0.3) is 0 Å². The molecule has 1 aliphatic heterocycles. The Labute approximate surface area is 120 Å². The van der Waals surface area contributed by atoms with E-state index in [4.69, 9.17) is 4.74 Å². The number of imidazole rings is 1. The van der Waals surface area contributed by atoms with Gasteiger partial charge in [0, 0.05) is 18.8 Å². The van der Waals surface area contributed by atoms with Gasteiger partial charge in [-0.2, -0.15) is 0 Å². The fourth-order valence-electron chi connectivity index (χ4n) is 2.14. The fraction of sp³-hybridized carbons (Fsp3) is 0.286. The van der Waals surface area contributed by atoms with Gasteiger partial charge in [-0.15, -0.1) is 0 Å². The summed E-state index contributed by atoms with van der Waals surface area (Å²) in [6.45, 7) is 1.87. The zero-order valence-corrected chi connectivity index (χ0v) is 11.6. The molecule has 0 spiro atoms. The molecule has 104 valence electrons. The molecular formula is C14H13FN2O2S. The summed E-state index contributed by atoms with van der Waals surface area (Å²) in [5.74, 6) is -0.516. The van der Waals surface area contributed by atoms with Crippen LogP contribution in [-0.2, 0) is 9.53 Å². The Bertz CT molecular complexity index is 644. The van der Waals surface area contributed by atoms with Gasteiger partial charge in [-0.25, -0.2) is 9.37 Å². The van der Waals surface area contributed by atoms with Crippen LogP contribution in [0.1, 0.15) is 13.3 Å². The maximum Gasteiger partial charge on any atom is 0.319 e. The molecule has 1 saturated heterocycles. The SMILES string of the molecule is CC1CC(Sc2nccn2-c2cccc(F)c2)C(=O)O1. The van der Waals surface area contributed by atoms with Crippen molar-refractivity contribution in [1.82, 2.24) is 9.55 Å². The zero-order chi connectivity index (χ0) is 14.1. The third-order valence-corrected chi connectivity index (χ3v) is 4.25. The van der Waals surface area contributed by atoms with Gasteiger partial charge in [-0.05, 0) is 25.1 Å². The number of aromatic nitrogens is 2. The number of ether oxygens (including phenoxy) is 1. The topological polar surface area (TPSA) is 44.1 Å². The first kappa shape index (κ1) is 13.2. The highest BCUT2D eigenvalue weighted by Gasteiger charge is 2.33. The van der Waals surface area contributed by atoms with Crippen LogP contribution in [0.3, 0.4) is 0 Å². The summed E-state index contributed by atoms with van der Waals surface area (Å²) in [4.78, 5) is 15.9. The van der Waals surface area contributed by atoms with Gasteiger partial charge in [-0.1, -0.05) is 17.8 Å². The monoisotopic (exact) mass is 292 g/mol. The van der Waals surface area contributed by atoms with Crippen molar-refractivity contribution in [2.24, 2.45) is 0 Å². The maximum absolute atomic E-state index is 13.3. The number of hydrogen-bond donors (Lipinski definition) is 0. The first-order valence-corrected chi connectivity index (χ1v) is 7.18. The Morgan fingerprint density at radius 1 is 1.50 bits per heavy atom. The summed E-state index contributed by atoms with van der Waals surface area (Å²) in [6, 6.07) is 6.26. The molecule has 2 heterocycles. The number of carbonyl (C=O) groups is 1. The summed E-state index contributed by atoms with van der Waals surface area (Å²) in [7, 11) is 0. The van der Waals surface area contributed by atoms with Gasteiger partial charge in [0.05, 0.1) is 5.69 Å². The van der Waals surface area contributed by atoms with E-state index < -0.39 is 0 Å². The van der Waals surface area contributed by atoms with Crippen LogP contribution in [0.25, 0.3) is 5.69 Å². The van der Waals surface area contributed by atoms with Crippen molar-refractivity contribution in [3.8, 4) is 5.69 Å². The molecule has 0 radical (unpaired) electrons. The molecule has 0 amide bonds. The van der Waals surface area contributed by atoms with Crippen LogP contribution in [0.2, 0.25) is 0 Å². The highest BCUT2D eigenvalue weighted by molar-refractivity contribution is 8.00. The van der Waals surface area contributed by atoms with Crippen molar-refractivity contribution in [3.05, 3.63) is 42.5 Å². The molecule has 0 aliphatic carbocycles. The number of hydrogen-bond acceptors (Lipinski definition) is 4. The summed E-state index contributed by atoms with van der Waals surface area (Å²) in [5, 5.41) is 0.409. The van der Waals surface area contributed by atoms with Crippen LogP contribution in [0.5, 0.6) is 0 Å². The van der Waals surface area contributed by atoms with Crippen LogP contribution in [-0.4, -0.2) is 26.9 Å². The second-order valence-electron chi connectivity index (χ2n) is 4.65. The molecule has 2 unspecified atom stereocenters. The quantitative estimate of drug-likeness (QED) is 0.816. The molecule has 4 nitrogen and oxygen atoms in total. The van der Waals surface area contributed by atoms with E-state index >= 15 is 0 Å². The zero-order valence-electron chi connectivity index (χ0n) is 10.8. The second kappa shape index (κ2) is 5.28. The Hall–Kier alpha value is -1.82. The molecular weight excluding hydrogens is 279 g/mol. The lowest BCUT2D eigenvalue weighted by atomic mass is 10.3. The summed E-state index contributed by atoms with van der Waals surface area (Å²) in [5.41, 5.74) is 0.685. The van der Waals surface area contributed by atoms with Crippen molar-refractivity contribution in [1.29, 1.82) is 0 Å². The molecule has 2 atom stereocenters. The first-order valence-electron chi connectivity index (χ1n) is 6.30. The Kier molecular flexibility index (Phi) is 3.48. The number of rotatable bonds is 3. The Balaban J connectivity index is 1.86. The van der Waals surface area contributed by atoms with Crippen LogP contribution in [0, 0.1) is 5.82 Å². The maximum atomic E-state index is 13.3. The van der Waals surface area contributed by atoms with E-state index in [0.29, 0.717) is 17.3 Å². The summed E-state index contributed by atoms with van der Waals surface area (Å²) < 4.78 is 20.2. The fourth-order valence-corrected chi connectivity index (χ4v) is 3.32. The van der Waals surface area contributed by atoms with Crippen molar-refractivity contribution in [2.75, 3.05) is 0 Å². The smallest absolute Gasteiger partial charge is 0.319 e. The first-order chi connectivity index (χ1) is 9.63. The van der Waals surface area contributed by atoms with Crippen LogP contribution < -0.4 is 0 Å². The second-order valence-corrected chi connectivity index (χ2v) is 5.82. The standard InChI is InChI=1S/C14H13FN2O2S/c1-9-7-12(13(18)19-9)20-14-16-5-6-17(14)11-4-2-3-10(15)8-11/h2-6,8-9,12H,7H2,1H3. The van der Waals surface area contributed by atoms with Gasteiger partial charge in [0.15, 0.2) is 5.16 Å². The largest absolute Gasteiger partial charge is 0.462 e. The summed E-state index contributed by atoms with van der Waals surface area (Å²) >= 11 is 1.35. The number of carbonyl (C=O) groups excluding carboxylic acids is 1. The number of benzene rings is 1. The summed E-state index contributed by atoms with van der Waals surface area (Å²) in [6.07, 6.45) is 4.00. The lowest BCUT2D eigenvalue weighted by Gasteiger charge is -2.09. The Morgan fingerprint density at radius 2 is 2.35 bits per heavy atom. The van der Waals surface area contributed by atoms with Gasteiger partial charge < -0.3 is 4.74 Å². The van der Waals surface area contributed by atoms with E-state index in [1.807, 2.05) is 6.92 Å². The van der Waals surface area contributed by atoms with Crippen molar-refractivity contribution >= 4 is 17.7 Å². The Morgan fingerprint density at radius 3 is 3.05 bits per heavy atom. The van der Waals surface area contributed by atoms with Crippen LogP contribution in [0.4, 0.5) is 4.39 Å². The number of halogens is 1. The van der Waals surface area contributed by atoms with Crippen LogP contribution in [0.15, 0.2) is 41.8 Å². The third-order valence-electron chi connectivity index (χ3n) is 3.07. The highest BCUT2D eigenvalue weighted by Crippen LogP contribution is 2.32. The van der Waals surface area contributed by atoms with Crippen molar-refractivity contribution in [3.63, 3.8) is 0 Å². The van der Waals surface area contributed by atoms with E-state index in [1.54, 1.807) is 29.1 Å². The minimum absolute atomic E-state index is 0.0578. The molecule has 20 heavy (non-hydrogen) atoms. The van der Waals surface area contributed by atoms with E-state index in [0.717, 1.165) is 0 Å². The molecule has 1 aromatic carbocycles. The van der Waals surface area contributed by atoms with E-state index in [9.17, 15) is 9.18 Å².